The SMILES string of the molecule is CCNC(=O)C(CC)N(Cc1ccc(Cl)cc1)C(=O)CN(c1cccc(Cl)c1)S(=O)(=O)c1ccccc1. The molecule has 0 radical (unpaired) electrons. The molecular formula is C27H29Cl2N3O4S. The summed E-state index contributed by atoms with van der Waals surface area (Å²) in [6.45, 7) is 3.57. The Bertz CT molecular complexity index is 1320. The minimum atomic E-state index is -4.13. The molecule has 0 aromatic heterocycles. The lowest BCUT2D eigenvalue weighted by atomic mass is 10.1. The molecule has 7 nitrogen and oxygen atoms in total. The molecule has 196 valence electrons. The summed E-state index contributed by atoms with van der Waals surface area (Å²) >= 11 is 12.2. The number of anilines is 1. The summed E-state index contributed by atoms with van der Waals surface area (Å²) in [7, 11) is -4.13. The third kappa shape index (κ3) is 7.25. The second-order valence-electron chi connectivity index (χ2n) is 8.27. The van der Waals surface area contributed by atoms with Crippen molar-refractivity contribution in [1.82, 2.24) is 10.2 Å². The number of hydrogen-bond donors (Lipinski definition) is 1. The molecule has 3 rings (SSSR count). The summed E-state index contributed by atoms with van der Waals surface area (Å²) in [6.07, 6.45) is 0.341. The van der Waals surface area contributed by atoms with Gasteiger partial charge in [0.2, 0.25) is 11.8 Å². The number of likely N-dealkylation sites (N-methyl/N-ethyl adjacent to an activating group) is 1. The summed E-state index contributed by atoms with van der Waals surface area (Å²) in [6, 6.07) is 20.3. The molecule has 0 saturated heterocycles. The van der Waals surface area contributed by atoms with Gasteiger partial charge in [-0.25, -0.2) is 8.42 Å². The minimum Gasteiger partial charge on any atom is -0.355 e. The van der Waals surface area contributed by atoms with E-state index in [1.165, 1.54) is 23.1 Å². The molecule has 3 aromatic carbocycles. The maximum absolute atomic E-state index is 13.9. The molecule has 0 aliphatic carbocycles. The van der Waals surface area contributed by atoms with Gasteiger partial charge in [0.15, 0.2) is 0 Å². The lowest BCUT2D eigenvalue weighted by Crippen LogP contribution is -2.52. The quantitative estimate of drug-likeness (QED) is 0.351. The Labute approximate surface area is 228 Å². The average Bonchev–Trinajstić information content (AvgIpc) is 2.88. The van der Waals surface area contributed by atoms with Crippen LogP contribution in [0.1, 0.15) is 25.8 Å². The number of sulfonamides is 1. The number of halogens is 2. The number of hydrogen-bond acceptors (Lipinski definition) is 4. The van der Waals surface area contributed by atoms with Crippen LogP contribution >= 0.6 is 23.2 Å². The molecule has 1 unspecified atom stereocenters. The van der Waals surface area contributed by atoms with Crippen molar-refractivity contribution in [3.8, 4) is 0 Å². The monoisotopic (exact) mass is 561 g/mol. The molecule has 1 N–H and O–H groups in total. The van der Waals surface area contributed by atoms with Gasteiger partial charge in [-0.1, -0.05) is 66.5 Å². The van der Waals surface area contributed by atoms with Crippen LogP contribution < -0.4 is 9.62 Å². The van der Waals surface area contributed by atoms with Crippen molar-refractivity contribution in [1.29, 1.82) is 0 Å². The highest BCUT2D eigenvalue weighted by Gasteiger charge is 2.33. The van der Waals surface area contributed by atoms with E-state index in [-0.39, 0.29) is 23.0 Å². The molecule has 2 amide bonds. The van der Waals surface area contributed by atoms with Gasteiger partial charge in [-0.15, -0.1) is 0 Å². The van der Waals surface area contributed by atoms with Gasteiger partial charge in [-0.05, 0) is 61.4 Å². The molecule has 1 atom stereocenters. The summed E-state index contributed by atoms with van der Waals surface area (Å²) in [5.41, 5.74) is 0.989. The van der Waals surface area contributed by atoms with Gasteiger partial charge >= 0.3 is 0 Å². The van der Waals surface area contributed by atoms with Crippen molar-refractivity contribution < 1.29 is 18.0 Å². The van der Waals surface area contributed by atoms with Crippen LogP contribution in [-0.4, -0.2) is 44.3 Å². The van der Waals surface area contributed by atoms with Crippen molar-refractivity contribution in [2.45, 2.75) is 37.8 Å². The molecule has 3 aromatic rings. The van der Waals surface area contributed by atoms with Crippen molar-refractivity contribution in [3.63, 3.8) is 0 Å². The van der Waals surface area contributed by atoms with E-state index in [1.54, 1.807) is 74.5 Å². The zero-order valence-corrected chi connectivity index (χ0v) is 22.9. The maximum atomic E-state index is 13.9. The molecule has 0 heterocycles. The van der Waals surface area contributed by atoms with Gasteiger partial charge in [-0.3, -0.25) is 13.9 Å². The van der Waals surface area contributed by atoms with Crippen LogP contribution in [0.2, 0.25) is 10.0 Å². The third-order valence-electron chi connectivity index (χ3n) is 5.71. The van der Waals surface area contributed by atoms with Crippen molar-refractivity contribution in [3.05, 3.63) is 94.5 Å². The second-order valence-corrected chi connectivity index (χ2v) is 11.0. The lowest BCUT2D eigenvalue weighted by molar-refractivity contribution is -0.140. The first-order valence-corrected chi connectivity index (χ1v) is 14.0. The van der Waals surface area contributed by atoms with Gasteiger partial charge in [0.25, 0.3) is 10.0 Å². The Morgan fingerprint density at radius 1 is 0.892 bits per heavy atom. The lowest BCUT2D eigenvalue weighted by Gasteiger charge is -2.33. The van der Waals surface area contributed by atoms with Gasteiger partial charge in [0.05, 0.1) is 10.6 Å². The van der Waals surface area contributed by atoms with E-state index in [0.29, 0.717) is 23.0 Å². The van der Waals surface area contributed by atoms with E-state index in [9.17, 15) is 18.0 Å². The number of rotatable bonds is 11. The van der Waals surface area contributed by atoms with E-state index in [1.807, 2.05) is 0 Å². The Kier molecular flexibility index (Phi) is 9.97. The number of nitrogens with one attached hydrogen (secondary N) is 1. The van der Waals surface area contributed by atoms with Crippen LogP contribution in [0.3, 0.4) is 0 Å². The second kappa shape index (κ2) is 12.9. The van der Waals surface area contributed by atoms with Gasteiger partial charge in [0.1, 0.15) is 12.6 Å². The molecule has 0 fully saturated rings. The topological polar surface area (TPSA) is 86.8 Å². The molecule has 0 saturated carbocycles. The number of carbonyl (C=O) groups excluding carboxylic acids is 2. The van der Waals surface area contributed by atoms with E-state index in [4.69, 9.17) is 23.2 Å². The fourth-order valence-corrected chi connectivity index (χ4v) is 5.62. The van der Waals surface area contributed by atoms with Gasteiger partial charge < -0.3 is 10.2 Å². The van der Waals surface area contributed by atoms with Crippen LogP contribution in [0.4, 0.5) is 5.69 Å². The molecule has 0 spiro atoms. The van der Waals surface area contributed by atoms with E-state index in [2.05, 4.69) is 5.32 Å². The molecule has 0 aliphatic heterocycles. The Hall–Kier alpha value is -3.07. The molecule has 10 heteroatoms. The van der Waals surface area contributed by atoms with Crippen LogP contribution in [0.5, 0.6) is 0 Å². The van der Waals surface area contributed by atoms with Gasteiger partial charge in [-0.2, -0.15) is 0 Å². The normalized spacial score (nSPS) is 12.0. The van der Waals surface area contributed by atoms with Crippen LogP contribution in [0.15, 0.2) is 83.8 Å². The van der Waals surface area contributed by atoms with Crippen molar-refractivity contribution >= 4 is 50.7 Å². The average molecular weight is 563 g/mol. The number of nitrogens with zero attached hydrogens (tertiary/aromatic N) is 2. The van der Waals surface area contributed by atoms with Crippen LogP contribution in [0, 0.1) is 0 Å². The van der Waals surface area contributed by atoms with E-state index in [0.717, 1.165) is 9.87 Å². The fraction of sp³-hybridized carbons (Fsp3) is 0.259. The first-order chi connectivity index (χ1) is 17.7. The molecule has 0 bridgehead atoms. The summed E-state index contributed by atoms with van der Waals surface area (Å²) in [5.74, 6) is -0.847. The Balaban J connectivity index is 2.04. The number of amides is 2. The predicted octanol–water partition coefficient (Wildman–Crippen LogP) is 5.13. The summed E-state index contributed by atoms with van der Waals surface area (Å²) in [5, 5.41) is 3.64. The van der Waals surface area contributed by atoms with Crippen LogP contribution in [-0.2, 0) is 26.2 Å². The Morgan fingerprint density at radius 2 is 1.57 bits per heavy atom. The molecule has 0 aliphatic rings. The number of carbonyl (C=O) groups is 2. The number of benzene rings is 3. The van der Waals surface area contributed by atoms with Crippen molar-refractivity contribution in [2.75, 3.05) is 17.4 Å². The van der Waals surface area contributed by atoms with Crippen molar-refractivity contribution in [2.24, 2.45) is 0 Å². The largest absolute Gasteiger partial charge is 0.355 e. The van der Waals surface area contributed by atoms with Gasteiger partial charge in [0, 0.05) is 23.1 Å². The standard InChI is InChI=1S/C27H29Cl2N3O4S/c1-3-25(27(34)30-4-2)31(18-20-13-15-21(28)16-14-20)26(33)19-32(23-10-8-9-22(29)17-23)37(35,36)24-11-6-5-7-12-24/h5-17,25H,3-4,18-19H2,1-2H3,(H,30,34). The predicted molar refractivity (Wildman–Crippen MR) is 147 cm³/mol. The highest BCUT2D eigenvalue weighted by Crippen LogP contribution is 2.27. The summed E-state index contributed by atoms with van der Waals surface area (Å²) < 4.78 is 28.4. The smallest absolute Gasteiger partial charge is 0.264 e. The zero-order valence-electron chi connectivity index (χ0n) is 20.6. The fourth-order valence-electron chi connectivity index (χ4n) is 3.88. The maximum Gasteiger partial charge on any atom is 0.264 e. The minimum absolute atomic E-state index is 0.0304. The summed E-state index contributed by atoms with van der Waals surface area (Å²) in [4.78, 5) is 28.2. The Morgan fingerprint density at radius 3 is 2.16 bits per heavy atom. The third-order valence-corrected chi connectivity index (χ3v) is 7.98. The van der Waals surface area contributed by atoms with Crippen LogP contribution in [0.25, 0.3) is 0 Å². The first-order valence-electron chi connectivity index (χ1n) is 11.8. The highest BCUT2D eigenvalue weighted by atomic mass is 35.5. The molecular weight excluding hydrogens is 533 g/mol. The molecule has 37 heavy (non-hydrogen) atoms. The van der Waals surface area contributed by atoms with E-state index >= 15 is 0 Å². The highest BCUT2D eigenvalue weighted by molar-refractivity contribution is 7.92. The van der Waals surface area contributed by atoms with E-state index < -0.39 is 28.5 Å². The zero-order chi connectivity index (χ0) is 27.0. The first kappa shape index (κ1) is 28.5.